The molecule has 2 rings (SSSR count). The van der Waals surface area contributed by atoms with Gasteiger partial charge in [0.15, 0.2) is 5.96 Å². The van der Waals surface area contributed by atoms with Gasteiger partial charge in [-0.05, 0) is 43.8 Å². The smallest absolute Gasteiger partial charge is 0.243 e. The topological polar surface area (TPSA) is 51.2 Å². The minimum Gasteiger partial charge on any atom is -0.356 e. The molecule has 0 radical (unpaired) electrons. The molecular formula is C19H34IN5OS. The van der Waals surface area contributed by atoms with Crippen LogP contribution in [0, 0.1) is 0 Å². The molecule has 1 aliphatic rings. The lowest BCUT2D eigenvalue weighted by Gasteiger charge is -2.30. The first kappa shape index (κ1) is 24.2. The first-order valence-electron chi connectivity index (χ1n) is 9.47. The van der Waals surface area contributed by atoms with E-state index in [1.807, 2.05) is 0 Å². The number of guanidine groups is 1. The number of rotatable bonds is 8. The second-order valence-corrected chi connectivity index (χ2v) is 8.02. The molecule has 0 spiro atoms. The van der Waals surface area contributed by atoms with Crippen LogP contribution in [0.1, 0.15) is 24.6 Å². The molecule has 1 fully saturated rings. The number of likely N-dealkylation sites (N-methyl/N-ethyl adjacent to an activating group) is 3. The number of nitrogens with zero attached hydrogens (tertiary/aromatic N) is 4. The molecule has 0 bridgehead atoms. The Morgan fingerprint density at radius 1 is 1.41 bits per heavy atom. The van der Waals surface area contributed by atoms with E-state index in [0.717, 1.165) is 32.0 Å². The molecule has 1 saturated heterocycles. The molecule has 0 aromatic carbocycles. The van der Waals surface area contributed by atoms with Gasteiger partial charge >= 0.3 is 0 Å². The van der Waals surface area contributed by atoms with Gasteiger partial charge in [-0.2, -0.15) is 0 Å². The number of amides is 1. The average molecular weight is 507 g/mol. The van der Waals surface area contributed by atoms with Crippen LogP contribution in [0.25, 0.3) is 0 Å². The first-order chi connectivity index (χ1) is 12.5. The van der Waals surface area contributed by atoms with Gasteiger partial charge in [-0.3, -0.25) is 9.69 Å². The Morgan fingerprint density at radius 2 is 2.19 bits per heavy atom. The van der Waals surface area contributed by atoms with Gasteiger partial charge < -0.3 is 15.1 Å². The summed E-state index contributed by atoms with van der Waals surface area (Å²) in [4.78, 5) is 24.2. The van der Waals surface area contributed by atoms with Crippen LogP contribution in [-0.2, 0) is 11.2 Å². The van der Waals surface area contributed by atoms with Gasteiger partial charge in [0, 0.05) is 45.2 Å². The molecule has 1 aromatic rings. The molecular weight excluding hydrogens is 473 g/mol. The maximum Gasteiger partial charge on any atom is 0.243 e. The van der Waals surface area contributed by atoms with Gasteiger partial charge in [0.1, 0.15) is 6.54 Å². The summed E-state index contributed by atoms with van der Waals surface area (Å²) in [5.74, 6) is 0.840. The zero-order chi connectivity index (χ0) is 18.9. The first-order valence-corrected chi connectivity index (χ1v) is 10.3. The zero-order valence-electron chi connectivity index (χ0n) is 17.0. The molecule has 8 heteroatoms. The fraction of sp³-hybridized carbons (Fsp3) is 0.684. The van der Waals surface area contributed by atoms with Gasteiger partial charge in [-0.25, -0.2) is 4.99 Å². The summed E-state index contributed by atoms with van der Waals surface area (Å²) in [7, 11) is 5.61. The highest BCUT2D eigenvalue weighted by atomic mass is 127. The molecule has 1 atom stereocenters. The van der Waals surface area contributed by atoms with E-state index in [4.69, 9.17) is 0 Å². The molecule has 6 nitrogen and oxygen atoms in total. The highest BCUT2D eigenvalue weighted by Crippen LogP contribution is 2.17. The number of carbonyl (C=O) groups excluding carboxylic acids is 1. The van der Waals surface area contributed by atoms with Crippen LogP contribution in [0.2, 0.25) is 0 Å². The fourth-order valence-corrected chi connectivity index (χ4v) is 3.98. The number of nitrogens with one attached hydrogen (secondary N) is 1. The Morgan fingerprint density at radius 3 is 2.81 bits per heavy atom. The predicted molar refractivity (Wildman–Crippen MR) is 125 cm³/mol. The molecule has 2 heterocycles. The van der Waals surface area contributed by atoms with Crippen LogP contribution in [0.3, 0.4) is 0 Å². The van der Waals surface area contributed by atoms with Crippen molar-refractivity contribution in [3.8, 4) is 0 Å². The number of likely N-dealkylation sites (tertiary alicyclic amines) is 1. The van der Waals surface area contributed by atoms with E-state index in [1.165, 1.54) is 24.3 Å². The average Bonchev–Trinajstić information content (AvgIpc) is 3.28. The zero-order valence-corrected chi connectivity index (χ0v) is 20.1. The van der Waals surface area contributed by atoms with Crippen LogP contribution in [-0.4, -0.2) is 86.5 Å². The van der Waals surface area contributed by atoms with E-state index in [2.05, 4.69) is 51.6 Å². The van der Waals surface area contributed by atoms with Crippen molar-refractivity contribution in [3.63, 3.8) is 0 Å². The predicted octanol–water partition coefficient (Wildman–Crippen LogP) is 2.36. The number of carbonyl (C=O) groups is 1. The van der Waals surface area contributed by atoms with E-state index < -0.39 is 0 Å². The standard InChI is InChI=1S/C19H33N5OS.HI/c1-5-24-12-6-8-16(24)15-23(4)19(21-14-18(25)22(2)3)20-11-10-17-9-7-13-26-17;/h7,9,13,16H,5-6,8,10-12,14-15H2,1-4H3,(H,20,21);1H. The third-order valence-corrected chi connectivity index (χ3v) is 5.79. The third kappa shape index (κ3) is 7.95. The van der Waals surface area contributed by atoms with Gasteiger partial charge in [-0.15, -0.1) is 35.3 Å². The Bertz CT molecular complexity index is 579. The molecule has 1 amide bonds. The van der Waals surface area contributed by atoms with Gasteiger partial charge in [0.05, 0.1) is 0 Å². The quantitative estimate of drug-likeness (QED) is 0.334. The van der Waals surface area contributed by atoms with Crippen molar-refractivity contribution in [2.24, 2.45) is 4.99 Å². The normalized spacial score (nSPS) is 17.5. The van der Waals surface area contributed by atoms with Crippen molar-refractivity contribution in [1.82, 2.24) is 20.0 Å². The van der Waals surface area contributed by atoms with Crippen molar-refractivity contribution < 1.29 is 4.79 Å². The lowest BCUT2D eigenvalue weighted by molar-refractivity contribution is -0.127. The van der Waals surface area contributed by atoms with Gasteiger partial charge in [0.25, 0.3) is 0 Å². The number of hydrogen-bond acceptors (Lipinski definition) is 4. The lowest BCUT2D eigenvalue weighted by Crippen LogP contribution is -2.46. The van der Waals surface area contributed by atoms with E-state index in [9.17, 15) is 4.79 Å². The maximum absolute atomic E-state index is 11.9. The molecule has 1 N–H and O–H groups in total. The second-order valence-electron chi connectivity index (χ2n) is 6.99. The Balaban J connectivity index is 0.00000364. The molecule has 1 unspecified atom stereocenters. The highest BCUT2D eigenvalue weighted by Gasteiger charge is 2.25. The summed E-state index contributed by atoms with van der Waals surface area (Å²) in [6, 6.07) is 4.80. The monoisotopic (exact) mass is 507 g/mol. The number of aliphatic imine (C=N–C) groups is 1. The van der Waals surface area contributed by atoms with Crippen molar-refractivity contribution >= 4 is 47.2 Å². The minimum atomic E-state index is 0. The summed E-state index contributed by atoms with van der Waals surface area (Å²) < 4.78 is 0. The van der Waals surface area contributed by atoms with Gasteiger partial charge in [-0.1, -0.05) is 13.0 Å². The Labute approximate surface area is 185 Å². The Kier molecular flexibility index (Phi) is 11.2. The van der Waals surface area contributed by atoms with Crippen molar-refractivity contribution in [3.05, 3.63) is 22.4 Å². The lowest BCUT2D eigenvalue weighted by atomic mass is 10.2. The summed E-state index contributed by atoms with van der Waals surface area (Å²) in [6.07, 6.45) is 3.47. The molecule has 1 aromatic heterocycles. The molecule has 154 valence electrons. The number of hydrogen-bond donors (Lipinski definition) is 1. The van der Waals surface area contributed by atoms with Crippen LogP contribution in [0.4, 0.5) is 0 Å². The molecule has 27 heavy (non-hydrogen) atoms. The maximum atomic E-state index is 11.9. The molecule has 0 aliphatic carbocycles. The number of thiophene rings is 1. The highest BCUT2D eigenvalue weighted by molar-refractivity contribution is 14.0. The van der Waals surface area contributed by atoms with Crippen LogP contribution >= 0.6 is 35.3 Å². The molecule has 0 saturated carbocycles. The third-order valence-electron chi connectivity index (χ3n) is 4.85. The molecule has 1 aliphatic heterocycles. The largest absolute Gasteiger partial charge is 0.356 e. The fourth-order valence-electron chi connectivity index (χ4n) is 3.27. The summed E-state index contributed by atoms with van der Waals surface area (Å²) in [6.45, 7) is 6.45. The van der Waals surface area contributed by atoms with Gasteiger partial charge in [0.2, 0.25) is 5.91 Å². The van der Waals surface area contributed by atoms with E-state index >= 15 is 0 Å². The van der Waals surface area contributed by atoms with Crippen molar-refractivity contribution in [1.29, 1.82) is 0 Å². The van der Waals surface area contributed by atoms with Crippen LogP contribution in [0.15, 0.2) is 22.5 Å². The Hall–Kier alpha value is -0.870. The van der Waals surface area contributed by atoms with E-state index in [-0.39, 0.29) is 36.4 Å². The summed E-state index contributed by atoms with van der Waals surface area (Å²) >= 11 is 1.77. The van der Waals surface area contributed by atoms with E-state index in [0.29, 0.717) is 6.04 Å². The second kappa shape index (κ2) is 12.6. The van der Waals surface area contributed by atoms with E-state index in [1.54, 1.807) is 30.3 Å². The summed E-state index contributed by atoms with van der Waals surface area (Å²) in [5.41, 5.74) is 0. The van der Waals surface area contributed by atoms with Crippen LogP contribution in [0.5, 0.6) is 0 Å². The SMILES string of the molecule is CCN1CCCC1CN(C)C(=NCC(=O)N(C)C)NCCc1cccs1.I. The van der Waals surface area contributed by atoms with Crippen molar-refractivity contribution in [2.75, 3.05) is 53.9 Å². The minimum absolute atomic E-state index is 0. The van der Waals surface area contributed by atoms with Crippen LogP contribution < -0.4 is 5.32 Å². The van der Waals surface area contributed by atoms with Crippen molar-refractivity contribution in [2.45, 2.75) is 32.2 Å². The summed E-state index contributed by atoms with van der Waals surface area (Å²) in [5, 5.41) is 5.56. The number of halogens is 1.